The van der Waals surface area contributed by atoms with Crippen LogP contribution in [-0.4, -0.2) is 30.0 Å². The van der Waals surface area contributed by atoms with Crippen LogP contribution >= 0.6 is 0 Å². The molecule has 0 amide bonds. The van der Waals surface area contributed by atoms with Crippen LogP contribution in [0.4, 0.5) is 0 Å². The third-order valence-corrected chi connectivity index (χ3v) is 4.53. The topological polar surface area (TPSA) is 55.5 Å². The second-order valence-corrected chi connectivity index (χ2v) is 5.84. The van der Waals surface area contributed by atoms with Crippen LogP contribution in [0.5, 0.6) is 0 Å². The van der Waals surface area contributed by atoms with Crippen LogP contribution in [0.25, 0.3) is 0 Å². The van der Waals surface area contributed by atoms with Crippen molar-refractivity contribution in [1.29, 1.82) is 0 Å². The van der Waals surface area contributed by atoms with Gasteiger partial charge in [0, 0.05) is 12.1 Å². The molecular formula is C15H31NO2. The van der Waals surface area contributed by atoms with E-state index in [1.54, 1.807) is 0 Å². The lowest BCUT2D eigenvalue weighted by Gasteiger charge is -2.31. The summed E-state index contributed by atoms with van der Waals surface area (Å²) in [5.41, 5.74) is 5.66. The molecule has 1 rings (SSSR count). The molecular weight excluding hydrogens is 226 g/mol. The number of nitrogens with two attached hydrogens (primary N) is 1. The minimum atomic E-state index is -0.403. The average Bonchev–Trinajstić information content (AvgIpc) is 2.43. The van der Waals surface area contributed by atoms with Gasteiger partial charge in [0.15, 0.2) is 0 Å². The van der Waals surface area contributed by atoms with Crippen molar-refractivity contribution in [3.63, 3.8) is 0 Å². The first-order chi connectivity index (χ1) is 8.65. The van der Waals surface area contributed by atoms with Crippen LogP contribution in [0.3, 0.4) is 0 Å². The first-order valence-electron chi connectivity index (χ1n) is 7.66. The molecule has 0 saturated heterocycles. The number of hydrogen-bond acceptors (Lipinski definition) is 3. The summed E-state index contributed by atoms with van der Waals surface area (Å²) in [6, 6.07) is 0. The standard InChI is InChI=1S/C15H31NO2/c1-3-13-8-5-6-9-14(13)18-11-7-10-15(16,4-2)12-17/h13-14,17H,3-12,16H2,1-2H3. The summed E-state index contributed by atoms with van der Waals surface area (Å²) in [6.07, 6.45) is 9.56. The van der Waals surface area contributed by atoms with Crippen molar-refractivity contribution in [2.75, 3.05) is 13.2 Å². The Kier molecular flexibility index (Phi) is 7.20. The lowest BCUT2D eigenvalue weighted by molar-refractivity contribution is -0.0157. The molecule has 3 heteroatoms. The second-order valence-electron chi connectivity index (χ2n) is 5.84. The normalized spacial score (nSPS) is 28.0. The van der Waals surface area contributed by atoms with Gasteiger partial charge in [-0.05, 0) is 38.0 Å². The molecule has 3 N–H and O–H groups in total. The molecule has 1 aliphatic rings. The average molecular weight is 257 g/mol. The quantitative estimate of drug-likeness (QED) is 0.657. The molecule has 3 nitrogen and oxygen atoms in total. The molecule has 0 heterocycles. The van der Waals surface area contributed by atoms with E-state index < -0.39 is 5.54 Å². The van der Waals surface area contributed by atoms with Gasteiger partial charge in [0.1, 0.15) is 0 Å². The van der Waals surface area contributed by atoms with Crippen molar-refractivity contribution >= 4 is 0 Å². The van der Waals surface area contributed by atoms with Gasteiger partial charge >= 0.3 is 0 Å². The van der Waals surface area contributed by atoms with Crippen molar-refractivity contribution in [1.82, 2.24) is 0 Å². The van der Waals surface area contributed by atoms with Crippen molar-refractivity contribution in [2.24, 2.45) is 11.7 Å². The Labute approximate surface area is 112 Å². The summed E-state index contributed by atoms with van der Waals surface area (Å²) < 4.78 is 6.03. The monoisotopic (exact) mass is 257 g/mol. The molecule has 1 fully saturated rings. The molecule has 1 saturated carbocycles. The Hall–Kier alpha value is -0.120. The first-order valence-corrected chi connectivity index (χ1v) is 7.66. The van der Waals surface area contributed by atoms with Gasteiger partial charge in [-0.3, -0.25) is 0 Å². The highest BCUT2D eigenvalue weighted by Gasteiger charge is 2.25. The van der Waals surface area contributed by atoms with Gasteiger partial charge in [-0.2, -0.15) is 0 Å². The maximum atomic E-state index is 9.25. The minimum Gasteiger partial charge on any atom is -0.394 e. The molecule has 3 atom stereocenters. The Bertz CT molecular complexity index is 217. The summed E-state index contributed by atoms with van der Waals surface area (Å²) >= 11 is 0. The van der Waals surface area contributed by atoms with E-state index in [9.17, 15) is 5.11 Å². The van der Waals surface area contributed by atoms with Crippen LogP contribution in [0.2, 0.25) is 0 Å². The maximum Gasteiger partial charge on any atom is 0.0611 e. The van der Waals surface area contributed by atoms with E-state index in [2.05, 4.69) is 6.92 Å². The van der Waals surface area contributed by atoms with Gasteiger partial charge in [0.2, 0.25) is 0 Å². The highest BCUT2D eigenvalue weighted by Crippen LogP contribution is 2.29. The van der Waals surface area contributed by atoms with Gasteiger partial charge in [0.05, 0.1) is 12.7 Å². The number of rotatable bonds is 8. The molecule has 0 bridgehead atoms. The maximum absolute atomic E-state index is 9.25. The Morgan fingerprint density at radius 2 is 2.00 bits per heavy atom. The fourth-order valence-electron chi connectivity index (χ4n) is 2.89. The number of hydrogen-bond donors (Lipinski definition) is 2. The molecule has 1 aliphatic carbocycles. The predicted octanol–water partition coefficient (Wildman–Crippen LogP) is 2.85. The summed E-state index contributed by atoms with van der Waals surface area (Å²) in [7, 11) is 0. The van der Waals surface area contributed by atoms with Crippen LogP contribution in [0, 0.1) is 5.92 Å². The van der Waals surface area contributed by atoms with E-state index in [1.165, 1.54) is 32.1 Å². The molecule has 0 aromatic heterocycles. The summed E-state index contributed by atoms with van der Waals surface area (Å²) in [5, 5.41) is 9.25. The molecule has 0 spiro atoms. The number of aliphatic hydroxyl groups excluding tert-OH is 1. The van der Waals surface area contributed by atoms with Crippen molar-refractivity contribution in [3.8, 4) is 0 Å². The molecule has 0 aromatic rings. The fourth-order valence-corrected chi connectivity index (χ4v) is 2.89. The zero-order chi connectivity index (χ0) is 13.4. The van der Waals surface area contributed by atoms with Crippen molar-refractivity contribution < 1.29 is 9.84 Å². The SMILES string of the molecule is CCC1CCCCC1OCCCC(N)(CC)CO. The van der Waals surface area contributed by atoms with Crippen molar-refractivity contribution in [2.45, 2.75) is 76.9 Å². The molecule has 3 unspecified atom stereocenters. The van der Waals surface area contributed by atoms with Crippen molar-refractivity contribution in [3.05, 3.63) is 0 Å². The van der Waals surface area contributed by atoms with Crippen LogP contribution < -0.4 is 5.73 Å². The molecule has 0 aromatic carbocycles. The van der Waals surface area contributed by atoms with Crippen LogP contribution in [-0.2, 0) is 4.74 Å². The van der Waals surface area contributed by atoms with Crippen LogP contribution in [0.1, 0.15) is 65.2 Å². The van der Waals surface area contributed by atoms with E-state index in [-0.39, 0.29) is 6.61 Å². The molecule has 108 valence electrons. The lowest BCUT2D eigenvalue weighted by Crippen LogP contribution is -2.43. The van der Waals surface area contributed by atoms with E-state index in [1.807, 2.05) is 6.92 Å². The fraction of sp³-hybridized carbons (Fsp3) is 1.00. The van der Waals surface area contributed by atoms with Gasteiger partial charge in [0.25, 0.3) is 0 Å². The summed E-state index contributed by atoms with van der Waals surface area (Å²) in [5.74, 6) is 0.755. The second kappa shape index (κ2) is 8.13. The zero-order valence-electron chi connectivity index (χ0n) is 12.2. The largest absolute Gasteiger partial charge is 0.394 e. The Balaban J connectivity index is 2.20. The first kappa shape index (κ1) is 15.9. The highest BCUT2D eigenvalue weighted by molar-refractivity contribution is 4.81. The van der Waals surface area contributed by atoms with Crippen LogP contribution in [0.15, 0.2) is 0 Å². The smallest absolute Gasteiger partial charge is 0.0611 e. The third kappa shape index (κ3) is 4.87. The van der Waals surface area contributed by atoms with E-state index in [0.717, 1.165) is 31.8 Å². The molecule has 0 radical (unpaired) electrons. The van der Waals surface area contributed by atoms with Gasteiger partial charge in [-0.1, -0.05) is 33.1 Å². The van der Waals surface area contributed by atoms with E-state index >= 15 is 0 Å². The highest BCUT2D eigenvalue weighted by atomic mass is 16.5. The zero-order valence-corrected chi connectivity index (χ0v) is 12.2. The van der Waals surface area contributed by atoms with E-state index in [4.69, 9.17) is 10.5 Å². The number of ether oxygens (including phenoxy) is 1. The van der Waals surface area contributed by atoms with Gasteiger partial charge < -0.3 is 15.6 Å². The number of aliphatic hydroxyl groups is 1. The lowest BCUT2D eigenvalue weighted by atomic mass is 9.85. The van der Waals surface area contributed by atoms with Gasteiger partial charge in [-0.15, -0.1) is 0 Å². The Morgan fingerprint density at radius 1 is 1.28 bits per heavy atom. The predicted molar refractivity (Wildman–Crippen MR) is 75.5 cm³/mol. The summed E-state index contributed by atoms with van der Waals surface area (Å²) in [4.78, 5) is 0. The third-order valence-electron chi connectivity index (χ3n) is 4.53. The molecule has 18 heavy (non-hydrogen) atoms. The Morgan fingerprint density at radius 3 is 2.61 bits per heavy atom. The van der Waals surface area contributed by atoms with E-state index in [0.29, 0.717) is 6.10 Å². The van der Waals surface area contributed by atoms with Gasteiger partial charge in [-0.25, -0.2) is 0 Å². The molecule has 0 aliphatic heterocycles. The summed E-state index contributed by atoms with van der Waals surface area (Å²) in [6.45, 7) is 5.16. The minimum absolute atomic E-state index is 0.0739.